The van der Waals surface area contributed by atoms with E-state index in [0.29, 0.717) is 30.6 Å². The predicted molar refractivity (Wildman–Crippen MR) is 66.3 cm³/mol. The second-order valence-corrected chi connectivity index (χ2v) is 4.36. The highest BCUT2D eigenvalue weighted by Gasteiger charge is 2.33. The van der Waals surface area contributed by atoms with Crippen molar-refractivity contribution in [3.63, 3.8) is 0 Å². The standard InChI is InChI=1S/C12H15N5O2/c1-2-14-10-6-18-5-8(10)12-16-11(17-19-12)9-3-4-13-7-15-9/h3-4,7-8,10,14H,2,5-6H2,1H3. The first-order valence-electron chi connectivity index (χ1n) is 6.29. The average Bonchev–Trinajstić information content (AvgIpc) is 3.08. The minimum absolute atomic E-state index is 0.100. The summed E-state index contributed by atoms with van der Waals surface area (Å²) in [5.41, 5.74) is 0.656. The Morgan fingerprint density at radius 1 is 1.42 bits per heavy atom. The summed E-state index contributed by atoms with van der Waals surface area (Å²) >= 11 is 0. The third kappa shape index (κ3) is 2.47. The number of rotatable bonds is 4. The molecule has 0 saturated carbocycles. The molecule has 1 saturated heterocycles. The summed E-state index contributed by atoms with van der Waals surface area (Å²) in [5.74, 6) is 1.18. The molecule has 2 atom stereocenters. The number of nitrogens with zero attached hydrogens (tertiary/aromatic N) is 4. The van der Waals surface area contributed by atoms with Crippen molar-refractivity contribution in [3.05, 3.63) is 24.5 Å². The molecule has 2 aromatic heterocycles. The first-order chi connectivity index (χ1) is 9.38. The summed E-state index contributed by atoms with van der Waals surface area (Å²) in [5, 5.41) is 7.33. The fourth-order valence-electron chi connectivity index (χ4n) is 2.17. The number of nitrogens with one attached hydrogen (secondary N) is 1. The molecule has 1 N–H and O–H groups in total. The van der Waals surface area contributed by atoms with E-state index >= 15 is 0 Å². The van der Waals surface area contributed by atoms with Crippen LogP contribution < -0.4 is 5.32 Å². The molecule has 3 heterocycles. The molecule has 1 aliphatic heterocycles. The van der Waals surface area contributed by atoms with Crippen LogP contribution in [-0.2, 0) is 4.74 Å². The van der Waals surface area contributed by atoms with E-state index in [1.165, 1.54) is 6.33 Å². The van der Waals surface area contributed by atoms with Gasteiger partial charge in [-0.1, -0.05) is 12.1 Å². The van der Waals surface area contributed by atoms with Gasteiger partial charge in [0.1, 0.15) is 12.0 Å². The Morgan fingerprint density at radius 3 is 3.16 bits per heavy atom. The summed E-state index contributed by atoms with van der Waals surface area (Å²) in [6.45, 7) is 4.22. The lowest BCUT2D eigenvalue weighted by molar-refractivity contribution is 0.185. The minimum atomic E-state index is 0.100. The van der Waals surface area contributed by atoms with Gasteiger partial charge in [-0.25, -0.2) is 9.97 Å². The van der Waals surface area contributed by atoms with Gasteiger partial charge in [-0.3, -0.25) is 0 Å². The Labute approximate surface area is 110 Å². The van der Waals surface area contributed by atoms with Crippen LogP contribution in [0.2, 0.25) is 0 Å². The van der Waals surface area contributed by atoms with E-state index in [9.17, 15) is 0 Å². The maximum absolute atomic E-state index is 5.48. The Kier molecular flexibility index (Phi) is 3.47. The highest BCUT2D eigenvalue weighted by Crippen LogP contribution is 2.25. The normalized spacial score (nSPS) is 22.8. The number of aromatic nitrogens is 4. The maximum Gasteiger partial charge on any atom is 0.234 e. The van der Waals surface area contributed by atoms with E-state index in [1.807, 2.05) is 0 Å². The lowest BCUT2D eigenvalue weighted by atomic mass is 10.0. The van der Waals surface area contributed by atoms with Crippen LogP contribution in [-0.4, -0.2) is 45.9 Å². The van der Waals surface area contributed by atoms with E-state index in [-0.39, 0.29) is 12.0 Å². The van der Waals surface area contributed by atoms with Gasteiger partial charge in [-0.05, 0) is 12.6 Å². The Hall–Kier alpha value is -1.86. The zero-order valence-corrected chi connectivity index (χ0v) is 10.6. The van der Waals surface area contributed by atoms with E-state index in [0.717, 1.165) is 6.54 Å². The molecule has 1 fully saturated rings. The highest BCUT2D eigenvalue weighted by atomic mass is 16.5. The van der Waals surface area contributed by atoms with Crippen LogP contribution in [0.3, 0.4) is 0 Å². The van der Waals surface area contributed by atoms with Crippen molar-refractivity contribution < 1.29 is 9.26 Å². The molecule has 0 aromatic carbocycles. The SMILES string of the molecule is CCNC1COCC1c1nc(-c2ccncn2)no1. The summed E-state index contributed by atoms with van der Waals surface area (Å²) in [7, 11) is 0. The Morgan fingerprint density at radius 2 is 2.37 bits per heavy atom. The fraction of sp³-hybridized carbons (Fsp3) is 0.500. The van der Waals surface area contributed by atoms with Gasteiger partial charge in [0.25, 0.3) is 0 Å². The van der Waals surface area contributed by atoms with Crippen LogP contribution in [0.4, 0.5) is 0 Å². The molecule has 19 heavy (non-hydrogen) atoms. The second kappa shape index (κ2) is 5.41. The van der Waals surface area contributed by atoms with E-state index < -0.39 is 0 Å². The molecule has 7 nitrogen and oxygen atoms in total. The largest absolute Gasteiger partial charge is 0.379 e. The van der Waals surface area contributed by atoms with Crippen molar-refractivity contribution in [3.8, 4) is 11.5 Å². The summed E-state index contributed by atoms with van der Waals surface area (Å²) in [6.07, 6.45) is 3.12. The van der Waals surface area contributed by atoms with Crippen molar-refractivity contribution in [1.29, 1.82) is 0 Å². The molecule has 0 radical (unpaired) electrons. The van der Waals surface area contributed by atoms with Crippen molar-refractivity contribution in [2.24, 2.45) is 0 Å². The lowest BCUT2D eigenvalue weighted by Gasteiger charge is -2.13. The van der Waals surface area contributed by atoms with Gasteiger partial charge in [0, 0.05) is 12.2 Å². The van der Waals surface area contributed by atoms with Crippen LogP contribution in [0.15, 0.2) is 23.1 Å². The van der Waals surface area contributed by atoms with Crippen molar-refractivity contribution >= 4 is 0 Å². The molecule has 1 aliphatic rings. The summed E-state index contributed by atoms with van der Waals surface area (Å²) < 4.78 is 10.8. The molecule has 2 aromatic rings. The molecule has 0 bridgehead atoms. The van der Waals surface area contributed by atoms with Crippen LogP contribution in [0, 0.1) is 0 Å². The maximum atomic E-state index is 5.48. The van der Waals surface area contributed by atoms with Crippen LogP contribution >= 0.6 is 0 Å². The summed E-state index contributed by atoms with van der Waals surface area (Å²) in [4.78, 5) is 12.4. The third-order valence-electron chi connectivity index (χ3n) is 3.12. The van der Waals surface area contributed by atoms with Crippen LogP contribution in [0.1, 0.15) is 18.7 Å². The molecule has 0 spiro atoms. The number of hydrogen-bond acceptors (Lipinski definition) is 7. The zero-order valence-electron chi connectivity index (χ0n) is 10.6. The van der Waals surface area contributed by atoms with Crippen LogP contribution in [0.25, 0.3) is 11.5 Å². The summed E-state index contributed by atoms with van der Waals surface area (Å²) in [6, 6.07) is 1.98. The van der Waals surface area contributed by atoms with Crippen molar-refractivity contribution in [2.75, 3.05) is 19.8 Å². The minimum Gasteiger partial charge on any atom is -0.379 e. The monoisotopic (exact) mass is 261 g/mol. The van der Waals surface area contributed by atoms with Gasteiger partial charge in [0.05, 0.1) is 19.1 Å². The Balaban J connectivity index is 1.81. The molecule has 7 heteroatoms. The van der Waals surface area contributed by atoms with E-state index in [2.05, 4.69) is 32.3 Å². The zero-order chi connectivity index (χ0) is 13.1. The fourth-order valence-corrected chi connectivity index (χ4v) is 2.17. The Bertz CT molecular complexity index is 530. The molecule has 2 unspecified atom stereocenters. The van der Waals surface area contributed by atoms with Crippen molar-refractivity contribution in [2.45, 2.75) is 18.9 Å². The quantitative estimate of drug-likeness (QED) is 0.863. The van der Waals surface area contributed by atoms with Gasteiger partial charge in [0.15, 0.2) is 0 Å². The van der Waals surface area contributed by atoms with E-state index in [1.54, 1.807) is 12.3 Å². The van der Waals surface area contributed by atoms with Crippen LogP contribution in [0.5, 0.6) is 0 Å². The first kappa shape index (κ1) is 12.2. The number of ether oxygens (including phenoxy) is 1. The number of hydrogen-bond donors (Lipinski definition) is 1. The van der Waals surface area contributed by atoms with Gasteiger partial charge < -0.3 is 14.6 Å². The average molecular weight is 261 g/mol. The number of likely N-dealkylation sites (N-methyl/N-ethyl adjacent to an activating group) is 1. The first-order valence-corrected chi connectivity index (χ1v) is 6.29. The van der Waals surface area contributed by atoms with Gasteiger partial charge in [0.2, 0.25) is 11.7 Å². The van der Waals surface area contributed by atoms with Gasteiger partial charge in [-0.15, -0.1) is 0 Å². The van der Waals surface area contributed by atoms with Crippen molar-refractivity contribution in [1.82, 2.24) is 25.4 Å². The molecule has 0 amide bonds. The molecule has 3 rings (SSSR count). The molecular formula is C12H15N5O2. The van der Waals surface area contributed by atoms with Gasteiger partial charge >= 0.3 is 0 Å². The topological polar surface area (TPSA) is 86.0 Å². The highest BCUT2D eigenvalue weighted by molar-refractivity contribution is 5.46. The third-order valence-corrected chi connectivity index (χ3v) is 3.12. The van der Waals surface area contributed by atoms with E-state index in [4.69, 9.17) is 9.26 Å². The molecule has 0 aliphatic carbocycles. The van der Waals surface area contributed by atoms with Gasteiger partial charge in [-0.2, -0.15) is 4.98 Å². The predicted octanol–water partition coefficient (Wildman–Crippen LogP) is 0.619. The molecule has 100 valence electrons. The smallest absolute Gasteiger partial charge is 0.234 e. The lowest BCUT2D eigenvalue weighted by Crippen LogP contribution is -2.34. The molecular weight excluding hydrogens is 246 g/mol. The second-order valence-electron chi connectivity index (χ2n) is 4.36.